The second-order valence-corrected chi connectivity index (χ2v) is 6.56. The molecule has 3 rings (SSSR count). The van der Waals surface area contributed by atoms with E-state index in [-0.39, 0.29) is 24.0 Å². The first-order valence-electron chi connectivity index (χ1n) is 7.98. The van der Waals surface area contributed by atoms with Crippen LogP contribution in [0.1, 0.15) is 15.4 Å². The van der Waals surface area contributed by atoms with Gasteiger partial charge in [0.25, 0.3) is 5.91 Å². The SMILES string of the molecule is COc1cc(OC)cc(C(=O)NCc2nc(-c3ccc(O)c(O)c3)cs2)c1. The topological polar surface area (TPSA) is 101 Å². The Morgan fingerprint density at radius 1 is 1.07 bits per heavy atom. The summed E-state index contributed by atoms with van der Waals surface area (Å²) in [6.45, 7) is 0.257. The van der Waals surface area contributed by atoms with Crippen molar-refractivity contribution in [1.29, 1.82) is 0 Å². The molecular weight excluding hydrogens is 368 g/mol. The summed E-state index contributed by atoms with van der Waals surface area (Å²) in [5, 5.41) is 24.3. The number of hydrogen-bond acceptors (Lipinski definition) is 7. The molecule has 0 aliphatic heterocycles. The van der Waals surface area contributed by atoms with Crippen LogP contribution in [0.2, 0.25) is 0 Å². The zero-order chi connectivity index (χ0) is 19.4. The summed E-state index contributed by atoms with van der Waals surface area (Å²) >= 11 is 1.39. The van der Waals surface area contributed by atoms with Gasteiger partial charge in [0.1, 0.15) is 16.5 Å². The largest absolute Gasteiger partial charge is 0.504 e. The van der Waals surface area contributed by atoms with E-state index >= 15 is 0 Å². The second kappa shape index (κ2) is 7.96. The molecule has 0 spiro atoms. The number of carbonyl (C=O) groups is 1. The number of phenolic OH excluding ortho intramolecular Hbond substituents is 2. The number of carbonyl (C=O) groups excluding carboxylic acids is 1. The van der Waals surface area contributed by atoms with Crippen LogP contribution >= 0.6 is 11.3 Å². The van der Waals surface area contributed by atoms with Crippen molar-refractivity contribution >= 4 is 17.2 Å². The molecule has 1 heterocycles. The summed E-state index contributed by atoms with van der Waals surface area (Å²) in [6.07, 6.45) is 0. The van der Waals surface area contributed by atoms with Crippen LogP contribution in [0.15, 0.2) is 41.8 Å². The van der Waals surface area contributed by atoms with Crippen LogP contribution in [0.5, 0.6) is 23.0 Å². The van der Waals surface area contributed by atoms with E-state index in [1.807, 2.05) is 5.38 Å². The quantitative estimate of drug-likeness (QED) is 0.563. The summed E-state index contributed by atoms with van der Waals surface area (Å²) in [5.74, 6) is 0.398. The molecule has 3 N–H and O–H groups in total. The van der Waals surface area contributed by atoms with E-state index in [1.54, 1.807) is 24.3 Å². The zero-order valence-corrected chi connectivity index (χ0v) is 15.5. The van der Waals surface area contributed by atoms with E-state index in [0.717, 1.165) is 0 Å². The molecular formula is C19H18N2O5S. The predicted molar refractivity (Wildman–Crippen MR) is 102 cm³/mol. The van der Waals surface area contributed by atoms with Crippen LogP contribution < -0.4 is 14.8 Å². The van der Waals surface area contributed by atoms with Crippen LogP contribution in [-0.2, 0) is 6.54 Å². The lowest BCUT2D eigenvalue weighted by molar-refractivity contribution is 0.0950. The van der Waals surface area contributed by atoms with Crippen molar-refractivity contribution in [3.63, 3.8) is 0 Å². The van der Waals surface area contributed by atoms with Crippen molar-refractivity contribution in [2.75, 3.05) is 14.2 Å². The summed E-state index contributed by atoms with van der Waals surface area (Å²) in [6, 6.07) is 9.46. The molecule has 1 amide bonds. The third kappa shape index (κ3) is 4.29. The highest BCUT2D eigenvalue weighted by Crippen LogP contribution is 2.31. The third-order valence-electron chi connectivity index (χ3n) is 3.84. The van der Waals surface area contributed by atoms with Gasteiger partial charge in [-0.25, -0.2) is 4.98 Å². The highest BCUT2D eigenvalue weighted by Gasteiger charge is 2.12. The minimum absolute atomic E-state index is 0.185. The van der Waals surface area contributed by atoms with Crippen molar-refractivity contribution in [2.24, 2.45) is 0 Å². The number of ether oxygens (including phenoxy) is 2. The number of methoxy groups -OCH3 is 2. The smallest absolute Gasteiger partial charge is 0.251 e. The molecule has 1 aromatic heterocycles. The van der Waals surface area contributed by atoms with Gasteiger partial charge in [0, 0.05) is 22.6 Å². The van der Waals surface area contributed by atoms with Gasteiger partial charge in [0.15, 0.2) is 11.5 Å². The van der Waals surface area contributed by atoms with Crippen molar-refractivity contribution in [3.8, 4) is 34.3 Å². The Hall–Kier alpha value is -3.26. The Kier molecular flexibility index (Phi) is 5.46. The average molecular weight is 386 g/mol. The van der Waals surface area contributed by atoms with Gasteiger partial charge in [-0.2, -0.15) is 0 Å². The molecule has 0 radical (unpaired) electrons. The number of amides is 1. The Bertz CT molecular complexity index is 948. The molecule has 3 aromatic rings. The highest BCUT2D eigenvalue weighted by atomic mass is 32.1. The van der Waals surface area contributed by atoms with Crippen molar-refractivity contribution in [2.45, 2.75) is 6.54 Å². The van der Waals surface area contributed by atoms with Gasteiger partial charge < -0.3 is 25.0 Å². The first kappa shape index (κ1) is 18.5. The molecule has 8 heteroatoms. The molecule has 0 aliphatic rings. The average Bonchev–Trinajstić information content (AvgIpc) is 3.16. The first-order chi connectivity index (χ1) is 13.0. The number of aromatic hydroxyl groups is 2. The molecule has 7 nitrogen and oxygen atoms in total. The number of rotatable bonds is 6. The van der Waals surface area contributed by atoms with Gasteiger partial charge in [-0.15, -0.1) is 11.3 Å². The number of benzene rings is 2. The van der Waals surface area contributed by atoms with Crippen molar-refractivity contribution < 1.29 is 24.5 Å². The van der Waals surface area contributed by atoms with E-state index in [4.69, 9.17) is 9.47 Å². The van der Waals surface area contributed by atoms with Gasteiger partial charge in [-0.05, 0) is 30.3 Å². The molecule has 0 fully saturated rings. The maximum atomic E-state index is 12.4. The molecule has 0 atom stereocenters. The number of aromatic nitrogens is 1. The van der Waals surface area contributed by atoms with Gasteiger partial charge in [-0.1, -0.05) is 0 Å². The van der Waals surface area contributed by atoms with Gasteiger partial charge in [0.05, 0.1) is 26.5 Å². The minimum Gasteiger partial charge on any atom is -0.504 e. The standard InChI is InChI=1S/C19H18N2O5S/c1-25-13-5-12(6-14(8-13)26-2)19(24)20-9-18-21-15(10-27-18)11-3-4-16(22)17(23)7-11/h3-8,10,22-23H,9H2,1-2H3,(H,20,24). The molecule has 0 aliphatic carbocycles. The fourth-order valence-corrected chi connectivity index (χ4v) is 3.15. The summed E-state index contributed by atoms with van der Waals surface area (Å²) in [5.41, 5.74) is 1.76. The molecule has 0 saturated carbocycles. The minimum atomic E-state index is -0.272. The number of hydrogen-bond donors (Lipinski definition) is 3. The van der Waals surface area contributed by atoms with E-state index in [9.17, 15) is 15.0 Å². The Labute approximate surface area is 159 Å². The highest BCUT2D eigenvalue weighted by molar-refractivity contribution is 7.09. The van der Waals surface area contributed by atoms with Crippen LogP contribution in [0.4, 0.5) is 0 Å². The number of nitrogens with one attached hydrogen (secondary N) is 1. The Morgan fingerprint density at radius 2 is 1.78 bits per heavy atom. The normalized spacial score (nSPS) is 10.4. The monoisotopic (exact) mass is 386 g/mol. The van der Waals surface area contributed by atoms with E-state index in [1.165, 1.54) is 37.7 Å². The first-order valence-corrected chi connectivity index (χ1v) is 8.86. The van der Waals surface area contributed by atoms with Gasteiger partial charge in [-0.3, -0.25) is 4.79 Å². The third-order valence-corrected chi connectivity index (χ3v) is 4.69. The molecule has 0 saturated heterocycles. The van der Waals surface area contributed by atoms with Gasteiger partial charge in [0.2, 0.25) is 0 Å². The molecule has 27 heavy (non-hydrogen) atoms. The van der Waals surface area contributed by atoms with E-state index < -0.39 is 0 Å². The van der Waals surface area contributed by atoms with Gasteiger partial charge >= 0.3 is 0 Å². The van der Waals surface area contributed by atoms with Crippen LogP contribution in [-0.4, -0.2) is 35.3 Å². The second-order valence-electron chi connectivity index (χ2n) is 5.61. The van der Waals surface area contributed by atoms with Crippen molar-refractivity contribution in [1.82, 2.24) is 10.3 Å². The molecule has 2 aromatic carbocycles. The Morgan fingerprint density at radius 3 is 2.41 bits per heavy atom. The zero-order valence-electron chi connectivity index (χ0n) is 14.7. The maximum absolute atomic E-state index is 12.4. The maximum Gasteiger partial charge on any atom is 0.251 e. The number of thiazole rings is 1. The van der Waals surface area contributed by atoms with Crippen LogP contribution in [0, 0.1) is 0 Å². The number of nitrogens with zero attached hydrogens (tertiary/aromatic N) is 1. The molecule has 140 valence electrons. The summed E-state index contributed by atoms with van der Waals surface area (Å²) in [7, 11) is 3.04. The Balaban J connectivity index is 1.69. The molecule has 0 unspecified atom stereocenters. The lowest BCUT2D eigenvalue weighted by Crippen LogP contribution is -2.22. The summed E-state index contributed by atoms with van der Waals surface area (Å²) in [4.78, 5) is 16.9. The van der Waals surface area contributed by atoms with Crippen molar-refractivity contribution in [3.05, 3.63) is 52.3 Å². The molecule has 0 bridgehead atoms. The fourth-order valence-electron chi connectivity index (χ4n) is 2.40. The van der Waals surface area contributed by atoms with E-state index in [0.29, 0.717) is 33.3 Å². The van der Waals surface area contributed by atoms with Crippen LogP contribution in [0.25, 0.3) is 11.3 Å². The predicted octanol–water partition coefficient (Wildman–Crippen LogP) is 3.17. The number of phenols is 2. The lowest BCUT2D eigenvalue weighted by Gasteiger charge is -2.08. The lowest BCUT2D eigenvalue weighted by atomic mass is 10.1. The van der Waals surface area contributed by atoms with E-state index in [2.05, 4.69) is 10.3 Å². The fraction of sp³-hybridized carbons (Fsp3) is 0.158. The van der Waals surface area contributed by atoms with Crippen LogP contribution in [0.3, 0.4) is 0 Å². The summed E-state index contributed by atoms with van der Waals surface area (Å²) < 4.78 is 10.3.